The fourth-order valence-electron chi connectivity index (χ4n) is 3.01. The van der Waals surface area contributed by atoms with Crippen LogP contribution >= 0.6 is 24.8 Å². The Bertz CT molecular complexity index is 679. The van der Waals surface area contributed by atoms with Crippen LogP contribution in [0.5, 0.6) is 5.75 Å². The first-order valence-electron chi connectivity index (χ1n) is 7.81. The number of hydrogen-bond donors (Lipinski definition) is 1. The first kappa shape index (κ1) is 21.4. The van der Waals surface area contributed by atoms with Gasteiger partial charge in [0.25, 0.3) is 0 Å². The minimum absolute atomic E-state index is 0. The lowest BCUT2D eigenvalue weighted by molar-refractivity contribution is 0.249. The second-order valence-corrected chi connectivity index (χ2v) is 5.82. The highest BCUT2D eigenvalue weighted by atomic mass is 35.5. The van der Waals surface area contributed by atoms with Gasteiger partial charge in [-0.3, -0.25) is 4.90 Å². The quantitative estimate of drug-likeness (QED) is 0.813. The topological polar surface area (TPSA) is 41.7 Å². The van der Waals surface area contributed by atoms with Crippen LogP contribution in [0.4, 0.5) is 15.8 Å². The first-order chi connectivity index (χ1) is 11.2. The van der Waals surface area contributed by atoms with Crippen LogP contribution in [0, 0.1) is 5.82 Å². The lowest BCUT2D eigenvalue weighted by Gasteiger charge is -2.36. The molecule has 25 heavy (non-hydrogen) atoms. The molecule has 7 heteroatoms. The van der Waals surface area contributed by atoms with Gasteiger partial charge < -0.3 is 15.4 Å². The Morgan fingerprint density at radius 1 is 1.04 bits per heavy atom. The minimum atomic E-state index is -0.272. The summed E-state index contributed by atoms with van der Waals surface area (Å²) in [6, 6.07) is 12.7. The molecule has 2 aromatic rings. The van der Waals surface area contributed by atoms with E-state index in [1.165, 1.54) is 17.7 Å². The van der Waals surface area contributed by atoms with Gasteiger partial charge in [-0.05, 0) is 29.8 Å². The van der Waals surface area contributed by atoms with E-state index in [0.717, 1.165) is 44.1 Å². The summed E-state index contributed by atoms with van der Waals surface area (Å²) in [5.41, 5.74) is 8.83. The van der Waals surface area contributed by atoms with Crippen LogP contribution in [-0.4, -0.2) is 38.2 Å². The van der Waals surface area contributed by atoms with Crippen LogP contribution in [0.25, 0.3) is 0 Å². The maximum Gasteiger partial charge on any atom is 0.145 e. The zero-order valence-electron chi connectivity index (χ0n) is 14.2. The van der Waals surface area contributed by atoms with Crippen molar-refractivity contribution in [2.75, 3.05) is 43.9 Å². The zero-order chi connectivity index (χ0) is 16.2. The predicted octanol–water partition coefficient (Wildman–Crippen LogP) is 3.58. The Hall–Kier alpha value is -1.69. The molecule has 3 rings (SSSR count). The summed E-state index contributed by atoms with van der Waals surface area (Å²) in [6.07, 6.45) is 0. The van der Waals surface area contributed by atoms with Gasteiger partial charge >= 0.3 is 0 Å². The average molecular weight is 388 g/mol. The van der Waals surface area contributed by atoms with E-state index in [4.69, 9.17) is 10.5 Å². The van der Waals surface area contributed by atoms with Crippen molar-refractivity contribution in [1.29, 1.82) is 0 Å². The normalized spacial score (nSPS) is 14.4. The molecule has 1 fully saturated rings. The van der Waals surface area contributed by atoms with Gasteiger partial charge in [-0.15, -0.1) is 24.8 Å². The van der Waals surface area contributed by atoms with Gasteiger partial charge in [-0.25, -0.2) is 4.39 Å². The summed E-state index contributed by atoms with van der Waals surface area (Å²) in [6.45, 7) is 4.60. The Morgan fingerprint density at radius 2 is 1.76 bits per heavy atom. The molecule has 0 unspecified atom stereocenters. The zero-order valence-corrected chi connectivity index (χ0v) is 15.8. The fraction of sp³-hybridized carbons (Fsp3) is 0.333. The number of methoxy groups -OCH3 is 1. The summed E-state index contributed by atoms with van der Waals surface area (Å²) < 4.78 is 18.6. The van der Waals surface area contributed by atoms with Gasteiger partial charge in [0.05, 0.1) is 12.8 Å². The van der Waals surface area contributed by atoms with Crippen molar-refractivity contribution in [3.8, 4) is 5.75 Å². The lowest BCUT2D eigenvalue weighted by Crippen LogP contribution is -2.46. The summed E-state index contributed by atoms with van der Waals surface area (Å²) in [5.74, 6) is 0.320. The number of ether oxygens (including phenoxy) is 1. The molecular weight excluding hydrogens is 364 g/mol. The molecule has 1 aliphatic rings. The first-order valence-corrected chi connectivity index (χ1v) is 7.81. The highest BCUT2D eigenvalue weighted by Crippen LogP contribution is 2.29. The van der Waals surface area contributed by atoms with E-state index in [-0.39, 0.29) is 30.6 Å². The van der Waals surface area contributed by atoms with Crippen LogP contribution in [0.15, 0.2) is 42.5 Å². The Balaban J connectivity index is 0.00000156. The molecule has 2 N–H and O–H groups in total. The molecule has 0 spiro atoms. The van der Waals surface area contributed by atoms with Crippen molar-refractivity contribution < 1.29 is 9.13 Å². The Kier molecular flexibility index (Phi) is 8.29. The van der Waals surface area contributed by atoms with Crippen molar-refractivity contribution >= 4 is 36.2 Å². The summed E-state index contributed by atoms with van der Waals surface area (Å²) in [4.78, 5) is 4.65. The molecule has 0 aromatic heterocycles. The molecule has 2 aromatic carbocycles. The number of nitrogens with two attached hydrogens (primary N) is 1. The number of piperazine rings is 1. The minimum Gasteiger partial charge on any atom is -0.494 e. The van der Waals surface area contributed by atoms with Crippen molar-refractivity contribution in [3.05, 3.63) is 53.8 Å². The summed E-state index contributed by atoms with van der Waals surface area (Å²) in [5, 5.41) is 0. The molecule has 0 saturated carbocycles. The second kappa shape index (κ2) is 9.70. The molecular formula is C18H24Cl2FN3O. The summed E-state index contributed by atoms with van der Waals surface area (Å²) in [7, 11) is 1.58. The van der Waals surface area contributed by atoms with Gasteiger partial charge in [-0.2, -0.15) is 0 Å². The number of rotatable bonds is 4. The third kappa shape index (κ3) is 5.39. The number of halogens is 3. The molecule has 1 heterocycles. The Labute approximate surface area is 160 Å². The second-order valence-electron chi connectivity index (χ2n) is 5.82. The van der Waals surface area contributed by atoms with Crippen LogP contribution < -0.4 is 15.4 Å². The molecule has 0 bridgehead atoms. The van der Waals surface area contributed by atoms with Crippen molar-refractivity contribution in [1.82, 2.24) is 4.90 Å². The van der Waals surface area contributed by atoms with E-state index in [1.54, 1.807) is 13.2 Å². The molecule has 0 radical (unpaired) electrons. The average Bonchev–Trinajstić information content (AvgIpc) is 2.56. The number of nitrogens with zero attached hydrogens (tertiary/aromatic N) is 2. The maximum absolute atomic E-state index is 13.3. The van der Waals surface area contributed by atoms with E-state index in [9.17, 15) is 4.39 Å². The number of benzene rings is 2. The fourth-order valence-corrected chi connectivity index (χ4v) is 3.01. The number of hydrogen-bond acceptors (Lipinski definition) is 4. The summed E-state index contributed by atoms with van der Waals surface area (Å²) >= 11 is 0. The molecule has 1 aliphatic heterocycles. The molecule has 0 aliphatic carbocycles. The van der Waals surface area contributed by atoms with Crippen LogP contribution in [-0.2, 0) is 6.54 Å². The predicted molar refractivity (Wildman–Crippen MR) is 106 cm³/mol. The maximum atomic E-state index is 13.3. The highest BCUT2D eigenvalue weighted by molar-refractivity contribution is 5.85. The van der Waals surface area contributed by atoms with Gasteiger partial charge in [0.1, 0.15) is 11.6 Å². The van der Waals surface area contributed by atoms with Gasteiger partial charge in [0.2, 0.25) is 0 Å². The highest BCUT2D eigenvalue weighted by Gasteiger charge is 2.20. The lowest BCUT2D eigenvalue weighted by atomic mass is 10.1. The van der Waals surface area contributed by atoms with Gasteiger partial charge in [0, 0.05) is 44.5 Å². The molecule has 0 amide bonds. The SMILES string of the molecule is COc1cc(F)ccc1N1CCN(Cc2cccc(N)c2)CC1.Cl.Cl. The van der Waals surface area contributed by atoms with Crippen LogP contribution in [0.2, 0.25) is 0 Å². The molecule has 0 atom stereocenters. The third-order valence-corrected chi connectivity index (χ3v) is 4.21. The molecule has 138 valence electrons. The van der Waals surface area contributed by atoms with Crippen molar-refractivity contribution in [3.63, 3.8) is 0 Å². The monoisotopic (exact) mass is 387 g/mol. The van der Waals surface area contributed by atoms with Gasteiger partial charge in [0.15, 0.2) is 0 Å². The van der Waals surface area contributed by atoms with E-state index < -0.39 is 0 Å². The number of anilines is 2. The smallest absolute Gasteiger partial charge is 0.145 e. The van der Waals surface area contributed by atoms with Crippen molar-refractivity contribution in [2.45, 2.75) is 6.54 Å². The largest absolute Gasteiger partial charge is 0.494 e. The van der Waals surface area contributed by atoms with E-state index in [2.05, 4.69) is 15.9 Å². The third-order valence-electron chi connectivity index (χ3n) is 4.21. The van der Waals surface area contributed by atoms with Gasteiger partial charge in [-0.1, -0.05) is 12.1 Å². The van der Waals surface area contributed by atoms with Crippen LogP contribution in [0.3, 0.4) is 0 Å². The van der Waals surface area contributed by atoms with Crippen LogP contribution in [0.1, 0.15) is 5.56 Å². The van der Waals surface area contributed by atoms with E-state index >= 15 is 0 Å². The van der Waals surface area contributed by atoms with E-state index in [0.29, 0.717) is 5.75 Å². The standard InChI is InChI=1S/C18H22FN3O.2ClH/c1-23-18-12-15(19)5-6-17(18)22-9-7-21(8-10-22)13-14-3-2-4-16(20)11-14;;/h2-6,11-12H,7-10,13,20H2,1H3;2*1H. The van der Waals surface area contributed by atoms with Crippen molar-refractivity contribution in [2.24, 2.45) is 0 Å². The van der Waals surface area contributed by atoms with E-state index in [1.807, 2.05) is 18.2 Å². The molecule has 4 nitrogen and oxygen atoms in total. The number of nitrogen functional groups attached to an aromatic ring is 1. The Morgan fingerprint density at radius 3 is 2.40 bits per heavy atom. The molecule has 1 saturated heterocycles.